The van der Waals surface area contributed by atoms with E-state index in [2.05, 4.69) is 10.1 Å². The van der Waals surface area contributed by atoms with E-state index in [0.717, 1.165) is 0 Å². The van der Waals surface area contributed by atoms with Crippen molar-refractivity contribution in [3.63, 3.8) is 0 Å². The van der Waals surface area contributed by atoms with Crippen molar-refractivity contribution in [1.29, 1.82) is 0 Å². The van der Waals surface area contributed by atoms with Crippen LogP contribution in [0.25, 0.3) is 0 Å². The van der Waals surface area contributed by atoms with Crippen LogP contribution in [0.15, 0.2) is 12.1 Å². The molecule has 1 N–H and O–H groups in total. The summed E-state index contributed by atoms with van der Waals surface area (Å²) < 4.78 is 50.3. The standard InChI is InChI=1S/C12H15ClF3NO3/c1-18-10-6-9(11(19-2)5-8(10)13)17-3-4-20-7-12(14,15)16/h5-6,17H,3-4,7H2,1-2H3. The summed E-state index contributed by atoms with van der Waals surface area (Å²) in [4.78, 5) is 0. The topological polar surface area (TPSA) is 39.7 Å². The number of ether oxygens (including phenoxy) is 3. The highest BCUT2D eigenvalue weighted by molar-refractivity contribution is 6.32. The van der Waals surface area contributed by atoms with E-state index in [1.54, 1.807) is 12.1 Å². The summed E-state index contributed by atoms with van der Waals surface area (Å²) in [5.74, 6) is 0.901. The van der Waals surface area contributed by atoms with E-state index in [1.165, 1.54) is 14.2 Å². The van der Waals surface area contributed by atoms with Gasteiger partial charge in [0.1, 0.15) is 18.1 Å². The maximum atomic E-state index is 11.9. The van der Waals surface area contributed by atoms with E-state index in [0.29, 0.717) is 22.2 Å². The lowest BCUT2D eigenvalue weighted by molar-refractivity contribution is -0.172. The Morgan fingerprint density at radius 1 is 1.15 bits per heavy atom. The molecule has 20 heavy (non-hydrogen) atoms. The fraction of sp³-hybridized carbons (Fsp3) is 0.500. The van der Waals surface area contributed by atoms with E-state index in [9.17, 15) is 13.2 Å². The van der Waals surface area contributed by atoms with Crippen LogP contribution >= 0.6 is 11.6 Å². The molecule has 0 aliphatic heterocycles. The van der Waals surface area contributed by atoms with Gasteiger partial charge in [-0.15, -0.1) is 0 Å². The summed E-state index contributed by atoms with van der Waals surface area (Å²) in [6.07, 6.45) is -4.32. The van der Waals surface area contributed by atoms with Gasteiger partial charge in [-0.1, -0.05) is 11.6 Å². The van der Waals surface area contributed by atoms with Crippen molar-refractivity contribution in [2.24, 2.45) is 0 Å². The summed E-state index contributed by atoms with van der Waals surface area (Å²) in [5.41, 5.74) is 0.560. The third-order valence-corrected chi connectivity index (χ3v) is 2.60. The van der Waals surface area contributed by atoms with Gasteiger partial charge < -0.3 is 19.5 Å². The zero-order valence-electron chi connectivity index (χ0n) is 11.0. The number of rotatable bonds is 7. The van der Waals surface area contributed by atoms with Crippen LogP contribution in [0.1, 0.15) is 0 Å². The van der Waals surface area contributed by atoms with Gasteiger partial charge in [-0.25, -0.2) is 0 Å². The Bertz CT molecular complexity index is 441. The number of anilines is 1. The number of halogens is 4. The zero-order valence-corrected chi connectivity index (χ0v) is 11.8. The average Bonchev–Trinajstić information content (AvgIpc) is 2.38. The lowest BCUT2D eigenvalue weighted by atomic mass is 10.2. The molecule has 114 valence electrons. The molecule has 0 radical (unpaired) electrons. The minimum absolute atomic E-state index is 0.0897. The number of nitrogens with one attached hydrogen (secondary N) is 1. The van der Waals surface area contributed by atoms with Crippen molar-refractivity contribution in [2.75, 3.05) is 39.3 Å². The highest BCUT2D eigenvalue weighted by atomic mass is 35.5. The average molecular weight is 314 g/mol. The first-order valence-electron chi connectivity index (χ1n) is 5.67. The van der Waals surface area contributed by atoms with Crippen LogP contribution in [0.4, 0.5) is 18.9 Å². The fourth-order valence-corrected chi connectivity index (χ4v) is 1.68. The Morgan fingerprint density at radius 3 is 2.35 bits per heavy atom. The van der Waals surface area contributed by atoms with Crippen LogP contribution in [0.5, 0.6) is 11.5 Å². The van der Waals surface area contributed by atoms with Crippen molar-refractivity contribution >= 4 is 17.3 Å². The van der Waals surface area contributed by atoms with Crippen LogP contribution < -0.4 is 14.8 Å². The minimum Gasteiger partial charge on any atom is -0.495 e. The van der Waals surface area contributed by atoms with Crippen molar-refractivity contribution in [3.05, 3.63) is 17.2 Å². The van der Waals surface area contributed by atoms with E-state index in [4.69, 9.17) is 21.1 Å². The van der Waals surface area contributed by atoms with Crippen LogP contribution in [0.2, 0.25) is 5.02 Å². The first-order chi connectivity index (χ1) is 9.37. The predicted molar refractivity (Wildman–Crippen MR) is 69.9 cm³/mol. The molecule has 0 atom stereocenters. The van der Waals surface area contributed by atoms with Gasteiger partial charge in [-0.3, -0.25) is 0 Å². The summed E-state index contributed by atoms with van der Waals surface area (Å²) in [6.45, 7) is -1.17. The Morgan fingerprint density at radius 2 is 1.80 bits per heavy atom. The van der Waals surface area contributed by atoms with Gasteiger partial charge in [-0.2, -0.15) is 13.2 Å². The monoisotopic (exact) mass is 313 g/mol. The second-order valence-corrected chi connectivity index (χ2v) is 4.19. The molecule has 0 bridgehead atoms. The number of methoxy groups -OCH3 is 2. The van der Waals surface area contributed by atoms with Gasteiger partial charge >= 0.3 is 6.18 Å². The summed E-state index contributed by atoms with van der Waals surface area (Å²) >= 11 is 5.93. The molecule has 0 aromatic heterocycles. The molecule has 0 fully saturated rings. The van der Waals surface area contributed by atoms with E-state index >= 15 is 0 Å². The zero-order chi connectivity index (χ0) is 15.2. The first-order valence-corrected chi connectivity index (χ1v) is 6.05. The highest BCUT2D eigenvalue weighted by Gasteiger charge is 2.27. The molecule has 0 amide bonds. The normalized spacial score (nSPS) is 11.3. The van der Waals surface area contributed by atoms with Gasteiger partial charge in [0, 0.05) is 18.7 Å². The van der Waals surface area contributed by atoms with Crippen LogP contribution in [0.3, 0.4) is 0 Å². The van der Waals surface area contributed by atoms with Gasteiger partial charge in [0.2, 0.25) is 0 Å². The molecule has 0 unspecified atom stereocenters. The quantitative estimate of drug-likeness (QED) is 0.784. The maximum absolute atomic E-state index is 11.9. The predicted octanol–water partition coefficient (Wildman–Crippen LogP) is 3.35. The third kappa shape index (κ3) is 5.34. The molecule has 1 aromatic carbocycles. The summed E-state index contributed by atoms with van der Waals surface area (Å²) in [7, 11) is 2.92. The second kappa shape index (κ2) is 7.44. The van der Waals surface area contributed by atoms with Crippen molar-refractivity contribution in [2.45, 2.75) is 6.18 Å². The Hall–Kier alpha value is -1.34. The van der Waals surface area contributed by atoms with Gasteiger partial charge in [0.15, 0.2) is 0 Å². The molecule has 1 aromatic rings. The Balaban J connectivity index is 2.54. The Labute approximate surface area is 119 Å². The lowest BCUT2D eigenvalue weighted by Crippen LogP contribution is -2.20. The SMILES string of the molecule is COc1cc(NCCOCC(F)(F)F)c(OC)cc1Cl. The third-order valence-electron chi connectivity index (χ3n) is 2.30. The smallest absolute Gasteiger partial charge is 0.411 e. The molecule has 0 spiro atoms. The van der Waals surface area contributed by atoms with E-state index < -0.39 is 12.8 Å². The summed E-state index contributed by atoms with van der Waals surface area (Å²) in [5, 5.41) is 3.27. The molecule has 0 aliphatic carbocycles. The number of hydrogen-bond acceptors (Lipinski definition) is 4. The van der Waals surface area contributed by atoms with Crippen molar-refractivity contribution < 1.29 is 27.4 Å². The molecule has 4 nitrogen and oxygen atoms in total. The van der Waals surface area contributed by atoms with Gasteiger partial charge in [0.25, 0.3) is 0 Å². The molecule has 0 saturated heterocycles. The molecule has 0 saturated carbocycles. The molecule has 8 heteroatoms. The van der Waals surface area contributed by atoms with E-state index in [1.807, 2.05) is 0 Å². The molecule has 1 rings (SSSR count). The molecular weight excluding hydrogens is 299 g/mol. The molecular formula is C12H15ClF3NO3. The summed E-state index contributed by atoms with van der Waals surface area (Å²) in [6, 6.07) is 3.16. The Kier molecular flexibility index (Phi) is 6.22. The van der Waals surface area contributed by atoms with Gasteiger partial charge in [0.05, 0.1) is 31.5 Å². The minimum atomic E-state index is -4.32. The van der Waals surface area contributed by atoms with Gasteiger partial charge in [-0.05, 0) is 0 Å². The van der Waals surface area contributed by atoms with E-state index in [-0.39, 0.29) is 13.2 Å². The maximum Gasteiger partial charge on any atom is 0.411 e. The highest BCUT2D eigenvalue weighted by Crippen LogP contribution is 2.35. The van der Waals surface area contributed by atoms with Crippen LogP contribution in [0, 0.1) is 0 Å². The molecule has 0 heterocycles. The first kappa shape index (κ1) is 16.7. The number of benzene rings is 1. The van der Waals surface area contributed by atoms with Crippen molar-refractivity contribution in [1.82, 2.24) is 0 Å². The van der Waals surface area contributed by atoms with Crippen LogP contribution in [-0.2, 0) is 4.74 Å². The largest absolute Gasteiger partial charge is 0.495 e. The number of hydrogen-bond donors (Lipinski definition) is 1. The second-order valence-electron chi connectivity index (χ2n) is 3.78. The van der Waals surface area contributed by atoms with Crippen molar-refractivity contribution in [3.8, 4) is 11.5 Å². The fourth-order valence-electron chi connectivity index (χ4n) is 1.44. The number of alkyl halides is 3. The van der Waals surface area contributed by atoms with Crippen LogP contribution in [-0.4, -0.2) is 40.2 Å². The molecule has 0 aliphatic rings. The lowest BCUT2D eigenvalue weighted by Gasteiger charge is -2.14.